The van der Waals surface area contributed by atoms with Crippen LogP contribution in [0.25, 0.3) is 0 Å². The van der Waals surface area contributed by atoms with Crippen molar-refractivity contribution in [2.75, 3.05) is 6.54 Å². The SMILES string of the molecule is C=C/C=C(\C=C)C1(CNC(=O)c2ccccc2C)CCCC1. The lowest BCUT2D eigenvalue weighted by molar-refractivity contribution is 0.0937. The van der Waals surface area contributed by atoms with Crippen LogP contribution in [0.15, 0.2) is 61.2 Å². The molecule has 1 saturated carbocycles. The molecule has 1 aliphatic carbocycles. The summed E-state index contributed by atoms with van der Waals surface area (Å²) in [6.07, 6.45) is 10.3. The van der Waals surface area contributed by atoms with Gasteiger partial charge in [-0.05, 0) is 37.0 Å². The van der Waals surface area contributed by atoms with E-state index >= 15 is 0 Å². The summed E-state index contributed by atoms with van der Waals surface area (Å²) in [6, 6.07) is 7.69. The number of benzene rings is 1. The first-order valence-corrected chi connectivity index (χ1v) is 7.92. The molecule has 1 aromatic rings. The van der Waals surface area contributed by atoms with E-state index in [0.717, 1.165) is 24.0 Å². The number of amides is 1. The summed E-state index contributed by atoms with van der Waals surface area (Å²) in [5.74, 6) is 0.00592. The summed E-state index contributed by atoms with van der Waals surface area (Å²) >= 11 is 0. The lowest BCUT2D eigenvalue weighted by Gasteiger charge is -2.31. The monoisotopic (exact) mass is 295 g/mol. The van der Waals surface area contributed by atoms with Crippen LogP contribution in [0.1, 0.15) is 41.6 Å². The van der Waals surface area contributed by atoms with Crippen molar-refractivity contribution in [1.82, 2.24) is 5.32 Å². The van der Waals surface area contributed by atoms with E-state index in [1.165, 1.54) is 18.4 Å². The molecule has 116 valence electrons. The number of allylic oxidation sites excluding steroid dienone is 3. The number of carbonyl (C=O) groups is 1. The van der Waals surface area contributed by atoms with E-state index in [-0.39, 0.29) is 11.3 Å². The molecular weight excluding hydrogens is 270 g/mol. The molecule has 1 amide bonds. The molecule has 1 fully saturated rings. The fraction of sp³-hybridized carbons (Fsp3) is 0.350. The van der Waals surface area contributed by atoms with Crippen LogP contribution in [-0.2, 0) is 0 Å². The summed E-state index contributed by atoms with van der Waals surface area (Å²) in [5, 5.41) is 3.13. The van der Waals surface area contributed by atoms with Gasteiger partial charge in [0, 0.05) is 17.5 Å². The molecule has 22 heavy (non-hydrogen) atoms. The topological polar surface area (TPSA) is 29.1 Å². The largest absolute Gasteiger partial charge is 0.351 e. The van der Waals surface area contributed by atoms with Crippen LogP contribution in [0.2, 0.25) is 0 Å². The molecule has 0 aromatic heterocycles. The predicted molar refractivity (Wildman–Crippen MR) is 92.9 cm³/mol. The minimum atomic E-state index is 0.00592. The quantitative estimate of drug-likeness (QED) is 0.764. The third kappa shape index (κ3) is 3.38. The third-order valence-electron chi connectivity index (χ3n) is 4.67. The lowest BCUT2D eigenvalue weighted by Crippen LogP contribution is -2.37. The van der Waals surface area contributed by atoms with Gasteiger partial charge in [0.05, 0.1) is 0 Å². The van der Waals surface area contributed by atoms with Gasteiger partial charge in [-0.2, -0.15) is 0 Å². The highest BCUT2D eigenvalue weighted by atomic mass is 16.1. The smallest absolute Gasteiger partial charge is 0.251 e. The predicted octanol–water partition coefficient (Wildman–Crippen LogP) is 4.58. The number of aryl methyl sites for hydroxylation is 1. The zero-order chi connectivity index (χ0) is 16.0. The lowest BCUT2D eigenvalue weighted by atomic mass is 9.78. The Morgan fingerprint density at radius 2 is 1.95 bits per heavy atom. The molecule has 1 aliphatic rings. The van der Waals surface area contributed by atoms with E-state index in [9.17, 15) is 4.79 Å². The third-order valence-corrected chi connectivity index (χ3v) is 4.67. The Morgan fingerprint density at radius 1 is 1.27 bits per heavy atom. The van der Waals surface area contributed by atoms with Crippen molar-refractivity contribution >= 4 is 5.91 Å². The Kier molecular flexibility index (Phi) is 5.37. The molecule has 0 spiro atoms. The summed E-state index contributed by atoms with van der Waals surface area (Å²) < 4.78 is 0. The standard InChI is InChI=1S/C20H25NO/c1-4-10-17(5-2)20(13-8-9-14-20)15-21-19(22)18-12-7-6-11-16(18)3/h4-7,10-12H,1-2,8-9,13-15H2,3H3,(H,21,22)/b17-10+. The molecular formula is C20H25NO. The maximum absolute atomic E-state index is 12.5. The first kappa shape index (κ1) is 16.3. The van der Waals surface area contributed by atoms with E-state index < -0.39 is 0 Å². The maximum Gasteiger partial charge on any atom is 0.251 e. The molecule has 0 radical (unpaired) electrons. The van der Waals surface area contributed by atoms with Gasteiger partial charge in [-0.3, -0.25) is 4.79 Å². The van der Waals surface area contributed by atoms with Gasteiger partial charge in [-0.15, -0.1) is 0 Å². The number of hydrogen-bond acceptors (Lipinski definition) is 1. The van der Waals surface area contributed by atoms with Crippen molar-refractivity contribution in [3.8, 4) is 0 Å². The van der Waals surface area contributed by atoms with E-state index in [1.807, 2.05) is 43.3 Å². The minimum Gasteiger partial charge on any atom is -0.351 e. The van der Waals surface area contributed by atoms with Crippen molar-refractivity contribution in [2.24, 2.45) is 5.41 Å². The van der Waals surface area contributed by atoms with E-state index in [2.05, 4.69) is 18.5 Å². The normalized spacial score (nSPS) is 17.0. The van der Waals surface area contributed by atoms with Gasteiger partial charge in [-0.25, -0.2) is 0 Å². The van der Waals surface area contributed by atoms with Crippen molar-refractivity contribution < 1.29 is 4.79 Å². The van der Waals surface area contributed by atoms with Gasteiger partial charge in [0.15, 0.2) is 0 Å². The Morgan fingerprint density at radius 3 is 2.55 bits per heavy atom. The van der Waals surface area contributed by atoms with Crippen LogP contribution in [0.4, 0.5) is 0 Å². The molecule has 1 N–H and O–H groups in total. The summed E-state index contributed by atoms with van der Waals surface area (Å²) in [6.45, 7) is 10.4. The Balaban J connectivity index is 2.15. The number of rotatable bonds is 6. The van der Waals surface area contributed by atoms with Crippen LogP contribution in [0.3, 0.4) is 0 Å². The molecule has 1 aromatic carbocycles. The van der Waals surface area contributed by atoms with Gasteiger partial charge in [0.25, 0.3) is 5.91 Å². The average Bonchev–Trinajstić information content (AvgIpc) is 3.00. The van der Waals surface area contributed by atoms with E-state index in [0.29, 0.717) is 6.54 Å². The molecule has 2 heteroatoms. The van der Waals surface area contributed by atoms with E-state index in [1.54, 1.807) is 6.08 Å². The molecule has 0 atom stereocenters. The zero-order valence-corrected chi connectivity index (χ0v) is 13.4. The van der Waals surface area contributed by atoms with Crippen LogP contribution >= 0.6 is 0 Å². The van der Waals surface area contributed by atoms with Crippen LogP contribution in [0.5, 0.6) is 0 Å². The number of nitrogens with one attached hydrogen (secondary N) is 1. The summed E-state index contributed by atoms with van der Waals surface area (Å²) in [7, 11) is 0. The van der Waals surface area contributed by atoms with Gasteiger partial charge in [-0.1, -0.05) is 62.4 Å². The van der Waals surface area contributed by atoms with Gasteiger partial charge < -0.3 is 5.32 Å². The summed E-state index contributed by atoms with van der Waals surface area (Å²) in [5.41, 5.74) is 2.95. The van der Waals surface area contributed by atoms with E-state index in [4.69, 9.17) is 0 Å². The Labute approximate surface area is 133 Å². The highest BCUT2D eigenvalue weighted by Crippen LogP contribution is 2.44. The minimum absolute atomic E-state index is 0.00592. The second kappa shape index (κ2) is 7.26. The van der Waals surface area contributed by atoms with Crippen LogP contribution in [-0.4, -0.2) is 12.5 Å². The maximum atomic E-state index is 12.5. The highest BCUT2D eigenvalue weighted by Gasteiger charge is 2.36. The number of hydrogen-bond donors (Lipinski definition) is 1. The van der Waals surface area contributed by atoms with Gasteiger partial charge >= 0.3 is 0 Å². The summed E-state index contributed by atoms with van der Waals surface area (Å²) in [4.78, 5) is 12.5. The second-order valence-corrected chi connectivity index (χ2v) is 6.05. The Bertz CT molecular complexity index is 591. The fourth-order valence-electron chi connectivity index (χ4n) is 3.38. The molecule has 0 bridgehead atoms. The first-order valence-electron chi connectivity index (χ1n) is 7.92. The van der Waals surface area contributed by atoms with Crippen LogP contribution < -0.4 is 5.32 Å². The molecule has 2 nitrogen and oxygen atoms in total. The molecule has 0 aliphatic heterocycles. The van der Waals surface area contributed by atoms with Crippen molar-refractivity contribution in [2.45, 2.75) is 32.6 Å². The molecule has 0 unspecified atom stereocenters. The van der Waals surface area contributed by atoms with Crippen molar-refractivity contribution in [1.29, 1.82) is 0 Å². The van der Waals surface area contributed by atoms with Crippen molar-refractivity contribution in [3.05, 3.63) is 72.4 Å². The highest BCUT2D eigenvalue weighted by molar-refractivity contribution is 5.95. The van der Waals surface area contributed by atoms with Crippen molar-refractivity contribution in [3.63, 3.8) is 0 Å². The first-order chi connectivity index (χ1) is 10.6. The van der Waals surface area contributed by atoms with Crippen LogP contribution in [0, 0.1) is 12.3 Å². The van der Waals surface area contributed by atoms with Gasteiger partial charge in [0.1, 0.15) is 0 Å². The molecule has 0 heterocycles. The Hall–Kier alpha value is -2.09. The number of carbonyl (C=O) groups excluding carboxylic acids is 1. The zero-order valence-electron chi connectivity index (χ0n) is 13.4. The molecule has 2 rings (SSSR count). The average molecular weight is 295 g/mol. The van der Waals surface area contributed by atoms with Gasteiger partial charge in [0.2, 0.25) is 0 Å². The molecule has 0 saturated heterocycles. The second-order valence-electron chi connectivity index (χ2n) is 6.05. The fourth-order valence-corrected chi connectivity index (χ4v) is 3.38.